The van der Waals surface area contributed by atoms with Crippen LogP contribution in [0.15, 0.2) is 29.3 Å². The molecule has 0 aromatic heterocycles. The van der Waals surface area contributed by atoms with Gasteiger partial charge in [0.05, 0.1) is 6.54 Å². The molecule has 7 nitrogen and oxygen atoms in total. The van der Waals surface area contributed by atoms with Gasteiger partial charge in [0.1, 0.15) is 0 Å². The van der Waals surface area contributed by atoms with E-state index >= 15 is 0 Å². The van der Waals surface area contributed by atoms with Crippen molar-refractivity contribution in [2.75, 3.05) is 59.9 Å². The van der Waals surface area contributed by atoms with Crippen LogP contribution in [0.4, 0.5) is 0 Å². The molecule has 0 spiro atoms. The van der Waals surface area contributed by atoms with Crippen molar-refractivity contribution in [2.24, 2.45) is 4.99 Å². The Labute approximate surface area is 192 Å². The summed E-state index contributed by atoms with van der Waals surface area (Å²) in [6.45, 7) is 11.2. The molecular weight excluding hydrogens is 479 g/mol. The standard InChI is InChI=1S/C21H36N6O.HI/c1-5-23-21(25-16-17(2)27-13-11-26(4)12-14-27)24-10-9-18-7-6-8-19(15-18)20(28)22-3;/h6-8,15,17H,5,9-14,16H2,1-4H3,(H,22,28)(H2,23,24,25);1H. The van der Waals surface area contributed by atoms with Crippen LogP contribution in [0.1, 0.15) is 29.8 Å². The number of carbonyl (C=O) groups is 1. The Morgan fingerprint density at radius 3 is 2.59 bits per heavy atom. The lowest BCUT2D eigenvalue weighted by Gasteiger charge is -2.35. The van der Waals surface area contributed by atoms with E-state index in [-0.39, 0.29) is 29.9 Å². The molecule has 3 N–H and O–H groups in total. The highest BCUT2D eigenvalue weighted by atomic mass is 127. The van der Waals surface area contributed by atoms with Crippen molar-refractivity contribution < 1.29 is 4.79 Å². The normalized spacial score (nSPS) is 16.6. The quantitative estimate of drug-likeness (QED) is 0.277. The number of guanidine groups is 1. The van der Waals surface area contributed by atoms with E-state index in [2.05, 4.69) is 46.6 Å². The minimum absolute atomic E-state index is 0. The second-order valence-corrected chi connectivity index (χ2v) is 7.36. The average molecular weight is 516 g/mol. The molecule has 1 fully saturated rings. The van der Waals surface area contributed by atoms with Gasteiger partial charge >= 0.3 is 0 Å². The first-order valence-corrected chi connectivity index (χ1v) is 10.3. The summed E-state index contributed by atoms with van der Waals surface area (Å²) in [6, 6.07) is 8.19. The van der Waals surface area contributed by atoms with Gasteiger partial charge in [-0.2, -0.15) is 0 Å². The van der Waals surface area contributed by atoms with E-state index in [9.17, 15) is 4.79 Å². The lowest BCUT2D eigenvalue weighted by atomic mass is 10.1. The third kappa shape index (κ3) is 8.88. The molecule has 1 aromatic rings. The van der Waals surface area contributed by atoms with Crippen LogP contribution in [0.2, 0.25) is 0 Å². The van der Waals surface area contributed by atoms with E-state index in [1.54, 1.807) is 7.05 Å². The number of hydrogen-bond donors (Lipinski definition) is 3. The second kappa shape index (κ2) is 13.8. The van der Waals surface area contributed by atoms with Crippen LogP contribution in [-0.4, -0.2) is 87.6 Å². The monoisotopic (exact) mass is 516 g/mol. The molecule has 0 saturated carbocycles. The molecule has 1 amide bonds. The molecule has 1 unspecified atom stereocenters. The van der Waals surface area contributed by atoms with Gasteiger partial charge in [0.25, 0.3) is 5.91 Å². The minimum Gasteiger partial charge on any atom is -0.357 e. The number of aliphatic imine (C=N–C) groups is 1. The van der Waals surface area contributed by atoms with Crippen molar-refractivity contribution in [3.8, 4) is 0 Å². The highest BCUT2D eigenvalue weighted by Gasteiger charge is 2.18. The zero-order valence-corrected chi connectivity index (χ0v) is 20.5. The molecule has 0 bridgehead atoms. The number of carbonyl (C=O) groups excluding carboxylic acids is 1. The summed E-state index contributed by atoms with van der Waals surface area (Å²) in [4.78, 5) is 21.4. The van der Waals surface area contributed by atoms with Crippen molar-refractivity contribution in [3.63, 3.8) is 0 Å². The van der Waals surface area contributed by atoms with E-state index in [4.69, 9.17) is 4.99 Å². The fraction of sp³-hybridized carbons (Fsp3) is 0.619. The van der Waals surface area contributed by atoms with Gasteiger partial charge in [-0.25, -0.2) is 0 Å². The van der Waals surface area contributed by atoms with Crippen LogP contribution in [0, 0.1) is 0 Å². The fourth-order valence-corrected chi connectivity index (χ4v) is 3.28. The molecule has 0 aliphatic carbocycles. The van der Waals surface area contributed by atoms with E-state index in [0.717, 1.165) is 63.8 Å². The van der Waals surface area contributed by atoms with Crippen molar-refractivity contribution in [2.45, 2.75) is 26.3 Å². The Morgan fingerprint density at radius 1 is 1.21 bits per heavy atom. The van der Waals surface area contributed by atoms with Gasteiger partial charge in [-0.3, -0.25) is 14.7 Å². The van der Waals surface area contributed by atoms with Crippen LogP contribution in [0.25, 0.3) is 0 Å². The topological polar surface area (TPSA) is 72.0 Å². The smallest absolute Gasteiger partial charge is 0.251 e. The van der Waals surface area contributed by atoms with Crippen LogP contribution in [0.3, 0.4) is 0 Å². The number of nitrogens with zero attached hydrogens (tertiary/aromatic N) is 3. The summed E-state index contributed by atoms with van der Waals surface area (Å²) < 4.78 is 0. The number of nitrogens with one attached hydrogen (secondary N) is 3. The molecule has 2 rings (SSSR count). The second-order valence-electron chi connectivity index (χ2n) is 7.36. The number of rotatable bonds is 8. The third-order valence-corrected chi connectivity index (χ3v) is 5.14. The Balaban J connectivity index is 0.00000420. The van der Waals surface area contributed by atoms with Crippen LogP contribution in [-0.2, 0) is 6.42 Å². The summed E-state index contributed by atoms with van der Waals surface area (Å²) >= 11 is 0. The molecule has 1 saturated heterocycles. The summed E-state index contributed by atoms with van der Waals surface area (Å²) in [5.74, 6) is 0.800. The van der Waals surface area contributed by atoms with Gasteiger partial charge in [-0.15, -0.1) is 24.0 Å². The Morgan fingerprint density at radius 2 is 1.93 bits per heavy atom. The third-order valence-electron chi connectivity index (χ3n) is 5.14. The molecule has 1 aliphatic heterocycles. The first kappa shape index (κ1) is 25.6. The zero-order valence-electron chi connectivity index (χ0n) is 18.2. The van der Waals surface area contributed by atoms with Gasteiger partial charge in [0.2, 0.25) is 0 Å². The van der Waals surface area contributed by atoms with Crippen molar-refractivity contribution in [1.29, 1.82) is 0 Å². The first-order valence-electron chi connectivity index (χ1n) is 10.3. The summed E-state index contributed by atoms with van der Waals surface area (Å²) in [7, 11) is 3.83. The van der Waals surface area contributed by atoms with Crippen molar-refractivity contribution in [3.05, 3.63) is 35.4 Å². The molecule has 0 radical (unpaired) electrons. The molecular formula is C21H37IN6O. The Bertz CT molecular complexity index is 646. The number of likely N-dealkylation sites (N-methyl/N-ethyl adjacent to an activating group) is 1. The summed E-state index contributed by atoms with van der Waals surface area (Å²) in [6.07, 6.45) is 0.837. The number of halogens is 1. The number of amides is 1. The molecule has 8 heteroatoms. The fourth-order valence-electron chi connectivity index (χ4n) is 3.28. The lowest BCUT2D eigenvalue weighted by Crippen LogP contribution is -2.49. The Hall–Kier alpha value is -1.39. The predicted molar refractivity (Wildman–Crippen MR) is 131 cm³/mol. The van der Waals surface area contributed by atoms with Crippen molar-refractivity contribution in [1.82, 2.24) is 25.8 Å². The van der Waals surface area contributed by atoms with E-state index in [1.165, 1.54) is 0 Å². The molecule has 1 aliphatic rings. The maximum absolute atomic E-state index is 11.8. The number of piperazine rings is 1. The van der Waals surface area contributed by atoms with Gasteiger partial charge in [0.15, 0.2) is 5.96 Å². The lowest BCUT2D eigenvalue weighted by molar-refractivity contribution is 0.0963. The van der Waals surface area contributed by atoms with E-state index in [1.807, 2.05) is 24.3 Å². The predicted octanol–water partition coefficient (Wildman–Crippen LogP) is 1.40. The largest absolute Gasteiger partial charge is 0.357 e. The highest BCUT2D eigenvalue weighted by Crippen LogP contribution is 2.06. The van der Waals surface area contributed by atoms with Crippen LogP contribution < -0.4 is 16.0 Å². The van der Waals surface area contributed by atoms with E-state index in [0.29, 0.717) is 11.6 Å². The highest BCUT2D eigenvalue weighted by molar-refractivity contribution is 14.0. The van der Waals surface area contributed by atoms with Gasteiger partial charge < -0.3 is 20.9 Å². The summed E-state index contributed by atoms with van der Waals surface area (Å²) in [5, 5.41) is 9.40. The van der Waals surface area contributed by atoms with Crippen LogP contribution in [0.5, 0.6) is 0 Å². The van der Waals surface area contributed by atoms with Gasteiger partial charge in [-0.1, -0.05) is 12.1 Å². The summed E-state index contributed by atoms with van der Waals surface area (Å²) in [5.41, 5.74) is 1.83. The minimum atomic E-state index is -0.0531. The molecule has 1 aromatic carbocycles. The van der Waals surface area contributed by atoms with Gasteiger partial charge in [0, 0.05) is 57.9 Å². The van der Waals surface area contributed by atoms with Crippen molar-refractivity contribution >= 4 is 35.8 Å². The number of benzene rings is 1. The molecule has 164 valence electrons. The molecule has 1 heterocycles. The van der Waals surface area contributed by atoms with Gasteiger partial charge in [-0.05, 0) is 45.0 Å². The molecule has 1 atom stereocenters. The SMILES string of the molecule is CCNC(=NCC(C)N1CCN(C)CC1)NCCc1cccc(C(=O)NC)c1.I. The van der Waals surface area contributed by atoms with E-state index < -0.39 is 0 Å². The average Bonchev–Trinajstić information content (AvgIpc) is 2.72. The number of hydrogen-bond acceptors (Lipinski definition) is 4. The zero-order chi connectivity index (χ0) is 20.4. The van der Waals surface area contributed by atoms with Crippen LogP contribution >= 0.6 is 24.0 Å². The maximum atomic E-state index is 11.8. The first-order chi connectivity index (χ1) is 13.5. The Kier molecular flexibility index (Phi) is 12.2. The molecule has 29 heavy (non-hydrogen) atoms. The maximum Gasteiger partial charge on any atom is 0.251 e.